The van der Waals surface area contributed by atoms with Crippen molar-refractivity contribution >= 4 is 37.8 Å². The number of halogens is 2. The third kappa shape index (κ3) is 3.61. The van der Waals surface area contributed by atoms with Crippen LogP contribution in [0.5, 0.6) is 5.75 Å². The van der Waals surface area contributed by atoms with Crippen molar-refractivity contribution in [1.82, 2.24) is 5.32 Å². The van der Waals surface area contributed by atoms with Crippen molar-refractivity contribution in [3.8, 4) is 5.75 Å². The summed E-state index contributed by atoms with van der Waals surface area (Å²) in [6.07, 6.45) is 0. The summed E-state index contributed by atoms with van der Waals surface area (Å²) in [6, 6.07) is 13.2. The maximum absolute atomic E-state index is 12.2. The molecule has 2 aromatic carbocycles. The van der Waals surface area contributed by atoms with Gasteiger partial charge in [0, 0.05) is 11.0 Å². The first-order valence-electron chi connectivity index (χ1n) is 5.97. The normalized spacial score (nSPS) is 10.2. The molecule has 0 saturated carbocycles. The largest absolute Gasteiger partial charge is 0.495 e. The van der Waals surface area contributed by atoms with Crippen LogP contribution in [0.4, 0.5) is 0 Å². The number of para-hydroxylation sites is 1. The van der Waals surface area contributed by atoms with Crippen LogP contribution in [-0.2, 0) is 6.54 Å². The fraction of sp³-hybridized carbons (Fsp3) is 0.133. The van der Waals surface area contributed by atoms with Crippen molar-refractivity contribution in [3.05, 3.63) is 62.5 Å². The van der Waals surface area contributed by atoms with Crippen LogP contribution in [0.1, 0.15) is 15.9 Å². The summed E-state index contributed by atoms with van der Waals surface area (Å²) in [6.45, 7) is 0.466. The molecule has 104 valence electrons. The van der Waals surface area contributed by atoms with E-state index >= 15 is 0 Å². The highest BCUT2D eigenvalue weighted by Crippen LogP contribution is 2.28. The van der Waals surface area contributed by atoms with E-state index in [1.54, 1.807) is 19.2 Å². The molecule has 0 aliphatic heterocycles. The van der Waals surface area contributed by atoms with Gasteiger partial charge in [-0.15, -0.1) is 0 Å². The van der Waals surface area contributed by atoms with Crippen molar-refractivity contribution in [1.29, 1.82) is 0 Å². The highest BCUT2D eigenvalue weighted by atomic mass is 79.9. The van der Waals surface area contributed by atoms with Crippen LogP contribution in [0, 0.1) is 0 Å². The number of methoxy groups -OCH3 is 1. The Hall–Kier alpha value is -1.33. The fourth-order valence-corrected chi connectivity index (χ4v) is 2.79. The number of carbonyl (C=O) groups excluding carboxylic acids is 1. The maximum Gasteiger partial charge on any atom is 0.255 e. The summed E-state index contributed by atoms with van der Waals surface area (Å²) in [5.74, 6) is 0.377. The SMILES string of the molecule is COc1c(Br)cccc1C(=O)NCc1cccc(Br)c1. The van der Waals surface area contributed by atoms with Gasteiger partial charge in [-0.05, 0) is 45.8 Å². The second-order valence-electron chi connectivity index (χ2n) is 4.13. The third-order valence-electron chi connectivity index (χ3n) is 2.76. The summed E-state index contributed by atoms with van der Waals surface area (Å²) in [5.41, 5.74) is 1.54. The molecule has 0 saturated heterocycles. The van der Waals surface area contributed by atoms with Gasteiger partial charge in [0.15, 0.2) is 0 Å². The molecule has 3 nitrogen and oxygen atoms in total. The lowest BCUT2D eigenvalue weighted by atomic mass is 10.1. The number of amides is 1. The van der Waals surface area contributed by atoms with E-state index in [1.807, 2.05) is 30.3 Å². The lowest BCUT2D eigenvalue weighted by Crippen LogP contribution is -2.23. The highest BCUT2D eigenvalue weighted by Gasteiger charge is 2.14. The zero-order chi connectivity index (χ0) is 14.5. The molecule has 0 spiro atoms. The standard InChI is InChI=1S/C15H13Br2NO2/c1-20-14-12(6-3-7-13(14)17)15(19)18-9-10-4-2-5-11(16)8-10/h2-8H,9H2,1H3,(H,18,19). The Morgan fingerprint density at radius 2 is 1.95 bits per heavy atom. The van der Waals surface area contributed by atoms with E-state index in [0.717, 1.165) is 14.5 Å². The Morgan fingerprint density at radius 1 is 1.20 bits per heavy atom. The molecule has 2 rings (SSSR count). The van der Waals surface area contributed by atoms with Crippen LogP contribution in [0.25, 0.3) is 0 Å². The zero-order valence-corrected chi connectivity index (χ0v) is 14.0. The van der Waals surface area contributed by atoms with E-state index in [9.17, 15) is 4.79 Å². The van der Waals surface area contributed by atoms with Crippen molar-refractivity contribution < 1.29 is 9.53 Å². The minimum atomic E-state index is -0.164. The molecule has 0 heterocycles. The first-order chi connectivity index (χ1) is 9.61. The lowest BCUT2D eigenvalue weighted by molar-refractivity contribution is 0.0947. The van der Waals surface area contributed by atoms with Gasteiger partial charge < -0.3 is 10.1 Å². The maximum atomic E-state index is 12.2. The minimum absolute atomic E-state index is 0.164. The Morgan fingerprint density at radius 3 is 2.65 bits per heavy atom. The van der Waals surface area contributed by atoms with E-state index < -0.39 is 0 Å². The summed E-state index contributed by atoms with van der Waals surface area (Å²) < 4.78 is 7.00. The molecule has 0 bridgehead atoms. The van der Waals surface area contributed by atoms with Gasteiger partial charge in [0.2, 0.25) is 0 Å². The van der Waals surface area contributed by atoms with E-state index in [4.69, 9.17) is 4.74 Å². The van der Waals surface area contributed by atoms with E-state index in [-0.39, 0.29) is 5.91 Å². The fourth-order valence-electron chi connectivity index (χ4n) is 1.82. The van der Waals surface area contributed by atoms with Crippen LogP contribution in [0.2, 0.25) is 0 Å². The van der Waals surface area contributed by atoms with Crippen LogP contribution in [0.3, 0.4) is 0 Å². The molecule has 1 N–H and O–H groups in total. The Labute approximate surface area is 134 Å². The van der Waals surface area contributed by atoms with E-state index in [1.165, 1.54) is 0 Å². The quantitative estimate of drug-likeness (QED) is 0.839. The van der Waals surface area contributed by atoms with Gasteiger partial charge in [0.25, 0.3) is 5.91 Å². The highest BCUT2D eigenvalue weighted by molar-refractivity contribution is 9.10. The van der Waals surface area contributed by atoms with Crippen LogP contribution < -0.4 is 10.1 Å². The minimum Gasteiger partial charge on any atom is -0.495 e. The molecule has 0 fully saturated rings. The van der Waals surface area contributed by atoms with Crippen molar-refractivity contribution in [3.63, 3.8) is 0 Å². The molecule has 0 atom stereocenters. The van der Waals surface area contributed by atoms with Crippen LogP contribution in [-0.4, -0.2) is 13.0 Å². The molecule has 0 aromatic heterocycles. The van der Waals surface area contributed by atoms with Crippen molar-refractivity contribution in [2.24, 2.45) is 0 Å². The van der Waals surface area contributed by atoms with Crippen molar-refractivity contribution in [2.45, 2.75) is 6.54 Å². The molecule has 1 amide bonds. The van der Waals surface area contributed by atoms with Gasteiger partial charge in [-0.25, -0.2) is 0 Å². The topological polar surface area (TPSA) is 38.3 Å². The summed E-state index contributed by atoms with van der Waals surface area (Å²) in [4.78, 5) is 12.2. The van der Waals surface area contributed by atoms with Crippen LogP contribution >= 0.6 is 31.9 Å². The van der Waals surface area contributed by atoms with Gasteiger partial charge in [0.05, 0.1) is 17.1 Å². The van der Waals surface area contributed by atoms with Crippen LogP contribution in [0.15, 0.2) is 51.4 Å². The smallest absolute Gasteiger partial charge is 0.255 e. The lowest BCUT2D eigenvalue weighted by Gasteiger charge is -2.11. The molecule has 0 aliphatic carbocycles. The predicted molar refractivity (Wildman–Crippen MR) is 86.0 cm³/mol. The average Bonchev–Trinajstić information content (AvgIpc) is 2.44. The second-order valence-corrected chi connectivity index (χ2v) is 5.90. The van der Waals surface area contributed by atoms with Gasteiger partial charge in [-0.3, -0.25) is 4.79 Å². The zero-order valence-electron chi connectivity index (χ0n) is 10.8. The molecular weight excluding hydrogens is 386 g/mol. The van der Waals surface area contributed by atoms with Crippen molar-refractivity contribution in [2.75, 3.05) is 7.11 Å². The Kier molecular flexibility index (Phi) is 5.20. The molecule has 2 aromatic rings. The average molecular weight is 399 g/mol. The summed E-state index contributed by atoms with van der Waals surface area (Å²) in [5, 5.41) is 2.88. The number of hydrogen-bond acceptors (Lipinski definition) is 2. The first kappa shape index (κ1) is 15.1. The van der Waals surface area contributed by atoms with Gasteiger partial charge in [0.1, 0.15) is 5.75 Å². The monoisotopic (exact) mass is 397 g/mol. The Bertz CT molecular complexity index is 629. The predicted octanol–water partition coefficient (Wildman–Crippen LogP) is 4.15. The number of hydrogen-bond donors (Lipinski definition) is 1. The Balaban J connectivity index is 2.11. The number of rotatable bonds is 4. The third-order valence-corrected chi connectivity index (χ3v) is 3.88. The summed E-state index contributed by atoms with van der Waals surface area (Å²) in [7, 11) is 1.55. The van der Waals surface area contributed by atoms with E-state index in [2.05, 4.69) is 37.2 Å². The van der Waals surface area contributed by atoms with Gasteiger partial charge in [-0.2, -0.15) is 0 Å². The molecule has 20 heavy (non-hydrogen) atoms. The van der Waals surface area contributed by atoms with E-state index in [0.29, 0.717) is 17.9 Å². The number of ether oxygens (including phenoxy) is 1. The molecule has 0 unspecified atom stereocenters. The second kappa shape index (κ2) is 6.90. The molecule has 0 aliphatic rings. The summed E-state index contributed by atoms with van der Waals surface area (Å²) >= 11 is 6.78. The molecule has 5 heteroatoms. The first-order valence-corrected chi connectivity index (χ1v) is 7.55. The number of nitrogens with one attached hydrogen (secondary N) is 1. The molecular formula is C15H13Br2NO2. The van der Waals surface area contributed by atoms with Gasteiger partial charge >= 0.3 is 0 Å². The number of carbonyl (C=O) groups is 1. The van der Waals surface area contributed by atoms with Gasteiger partial charge in [-0.1, -0.05) is 34.1 Å². The molecule has 0 radical (unpaired) electrons. The number of benzene rings is 2.